The number of fused-ring (bicyclic) bond motifs is 1. The van der Waals surface area contributed by atoms with Crippen LogP contribution in [-0.2, 0) is 6.54 Å². The van der Waals surface area contributed by atoms with E-state index in [1.807, 2.05) is 10.7 Å². The Morgan fingerprint density at radius 1 is 1.80 bits per heavy atom. The van der Waals surface area contributed by atoms with Gasteiger partial charge in [0.2, 0.25) is 0 Å². The molecule has 0 spiro atoms. The monoisotopic (exact) mass is 137 g/mol. The van der Waals surface area contributed by atoms with Crippen LogP contribution in [0.1, 0.15) is 25.0 Å². The number of hydrogen-bond donors (Lipinski definition) is 1. The fraction of sp³-hybridized carbons (Fsp3) is 0.571. The van der Waals surface area contributed by atoms with Crippen molar-refractivity contribution in [1.29, 1.82) is 0 Å². The fourth-order valence-electron chi connectivity index (χ4n) is 1.49. The maximum Gasteiger partial charge on any atom is 0.145 e. The van der Waals surface area contributed by atoms with E-state index in [-0.39, 0.29) is 0 Å². The highest BCUT2D eigenvalue weighted by molar-refractivity contribution is 5.32. The molecule has 1 atom stereocenters. The number of rotatable bonds is 0. The van der Waals surface area contributed by atoms with Crippen molar-refractivity contribution in [3.8, 4) is 0 Å². The van der Waals surface area contributed by atoms with Gasteiger partial charge in [0.1, 0.15) is 5.82 Å². The van der Waals surface area contributed by atoms with E-state index in [9.17, 15) is 0 Å². The Labute approximate surface area is 59.8 Å². The van der Waals surface area contributed by atoms with Gasteiger partial charge in [-0.15, -0.1) is 0 Å². The molecule has 2 rings (SSSR count). The van der Waals surface area contributed by atoms with Crippen LogP contribution < -0.4 is 5.73 Å². The summed E-state index contributed by atoms with van der Waals surface area (Å²) in [5.41, 5.74) is 6.81. The van der Waals surface area contributed by atoms with E-state index in [0.717, 1.165) is 6.54 Å². The van der Waals surface area contributed by atoms with Crippen molar-refractivity contribution in [3.63, 3.8) is 0 Å². The lowest BCUT2D eigenvalue weighted by Crippen LogP contribution is -1.95. The highest BCUT2D eigenvalue weighted by Crippen LogP contribution is 2.27. The average molecular weight is 137 g/mol. The normalized spacial score (nSPS) is 23.1. The van der Waals surface area contributed by atoms with Gasteiger partial charge in [-0.25, -0.2) is 0 Å². The summed E-state index contributed by atoms with van der Waals surface area (Å²) in [6.07, 6.45) is 1.21. The molecule has 1 aromatic heterocycles. The van der Waals surface area contributed by atoms with Crippen LogP contribution in [0.2, 0.25) is 0 Å². The van der Waals surface area contributed by atoms with Crippen LogP contribution in [0.5, 0.6) is 0 Å². The second kappa shape index (κ2) is 1.75. The maximum absolute atomic E-state index is 5.52. The third-order valence-electron chi connectivity index (χ3n) is 2.11. The molecule has 0 radical (unpaired) electrons. The summed E-state index contributed by atoms with van der Waals surface area (Å²) < 4.78 is 2.00. The van der Waals surface area contributed by atoms with Crippen molar-refractivity contribution in [1.82, 2.24) is 9.78 Å². The van der Waals surface area contributed by atoms with Crippen LogP contribution >= 0.6 is 0 Å². The lowest BCUT2D eigenvalue weighted by atomic mass is 10.1. The maximum atomic E-state index is 5.52. The first kappa shape index (κ1) is 5.77. The Hall–Kier alpha value is -0.990. The van der Waals surface area contributed by atoms with Gasteiger partial charge in [0, 0.05) is 18.3 Å². The van der Waals surface area contributed by atoms with Gasteiger partial charge in [0.15, 0.2) is 0 Å². The summed E-state index contributed by atoms with van der Waals surface area (Å²) >= 11 is 0. The summed E-state index contributed by atoms with van der Waals surface area (Å²) in [6, 6.07) is 1.97. The van der Waals surface area contributed by atoms with E-state index >= 15 is 0 Å². The van der Waals surface area contributed by atoms with Gasteiger partial charge in [-0.2, -0.15) is 5.10 Å². The second-order valence-electron chi connectivity index (χ2n) is 2.91. The van der Waals surface area contributed by atoms with Crippen molar-refractivity contribution in [2.45, 2.75) is 25.8 Å². The molecule has 0 fully saturated rings. The molecule has 3 nitrogen and oxygen atoms in total. The standard InChI is InChI=1S/C7H11N3/c1-5-2-3-10-6(5)4-7(8)9-10/h4-5H,2-3H2,1H3,(H2,8,9). The molecule has 1 aliphatic heterocycles. The zero-order valence-corrected chi connectivity index (χ0v) is 6.04. The molecule has 1 aliphatic rings. The third kappa shape index (κ3) is 0.632. The van der Waals surface area contributed by atoms with Crippen LogP contribution in [0.25, 0.3) is 0 Å². The molecule has 2 heterocycles. The van der Waals surface area contributed by atoms with E-state index in [2.05, 4.69) is 12.0 Å². The van der Waals surface area contributed by atoms with Gasteiger partial charge in [-0.05, 0) is 12.3 Å². The van der Waals surface area contributed by atoms with Crippen molar-refractivity contribution in [3.05, 3.63) is 11.8 Å². The molecule has 0 saturated carbocycles. The summed E-state index contributed by atoms with van der Waals surface area (Å²) in [5.74, 6) is 1.30. The Balaban J connectivity index is 2.49. The summed E-state index contributed by atoms with van der Waals surface area (Å²) in [7, 11) is 0. The molecular weight excluding hydrogens is 126 g/mol. The van der Waals surface area contributed by atoms with Crippen molar-refractivity contribution in [2.24, 2.45) is 0 Å². The fourth-order valence-corrected chi connectivity index (χ4v) is 1.49. The van der Waals surface area contributed by atoms with E-state index in [4.69, 9.17) is 5.73 Å². The highest BCUT2D eigenvalue weighted by Gasteiger charge is 2.19. The van der Waals surface area contributed by atoms with Gasteiger partial charge in [-0.3, -0.25) is 4.68 Å². The van der Waals surface area contributed by atoms with Gasteiger partial charge in [0.25, 0.3) is 0 Å². The van der Waals surface area contributed by atoms with E-state index in [0.29, 0.717) is 11.7 Å². The smallest absolute Gasteiger partial charge is 0.145 e. The molecule has 10 heavy (non-hydrogen) atoms. The largest absolute Gasteiger partial charge is 0.382 e. The number of nitrogens with two attached hydrogens (primary N) is 1. The Morgan fingerprint density at radius 3 is 3.30 bits per heavy atom. The molecule has 1 unspecified atom stereocenters. The topological polar surface area (TPSA) is 43.8 Å². The molecule has 0 aromatic carbocycles. The predicted molar refractivity (Wildman–Crippen MR) is 39.7 cm³/mol. The number of aryl methyl sites for hydroxylation is 1. The second-order valence-corrected chi connectivity index (χ2v) is 2.91. The molecule has 0 saturated heterocycles. The summed E-state index contributed by atoms with van der Waals surface area (Å²) in [5, 5.41) is 4.14. The number of nitrogens with zero attached hydrogens (tertiary/aromatic N) is 2. The quantitative estimate of drug-likeness (QED) is 0.579. The van der Waals surface area contributed by atoms with Crippen LogP contribution in [0.3, 0.4) is 0 Å². The number of hydrogen-bond acceptors (Lipinski definition) is 2. The summed E-state index contributed by atoms with van der Waals surface area (Å²) in [6.45, 7) is 3.24. The lowest BCUT2D eigenvalue weighted by Gasteiger charge is -1.94. The van der Waals surface area contributed by atoms with Crippen molar-refractivity contribution in [2.75, 3.05) is 5.73 Å². The van der Waals surface area contributed by atoms with Crippen molar-refractivity contribution < 1.29 is 0 Å². The minimum atomic E-state index is 0.643. The Kier molecular flexibility index (Phi) is 1.01. The average Bonchev–Trinajstić information content (AvgIpc) is 2.35. The van der Waals surface area contributed by atoms with E-state index < -0.39 is 0 Å². The van der Waals surface area contributed by atoms with E-state index in [1.165, 1.54) is 12.1 Å². The Bertz CT molecular complexity index is 251. The molecule has 1 aromatic rings. The molecule has 54 valence electrons. The molecule has 0 bridgehead atoms. The molecule has 2 N–H and O–H groups in total. The molecule has 3 heteroatoms. The van der Waals surface area contributed by atoms with Crippen LogP contribution in [0.4, 0.5) is 5.82 Å². The molecule has 0 amide bonds. The Morgan fingerprint density at radius 2 is 2.60 bits per heavy atom. The van der Waals surface area contributed by atoms with Crippen LogP contribution in [-0.4, -0.2) is 9.78 Å². The minimum Gasteiger partial charge on any atom is -0.382 e. The van der Waals surface area contributed by atoms with Gasteiger partial charge < -0.3 is 5.73 Å². The SMILES string of the molecule is CC1CCn2nc(N)cc21. The van der Waals surface area contributed by atoms with Gasteiger partial charge >= 0.3 is 0 Å². The minimum absolute atomic E-state index is 0.643. The van der Waals surface area contributed by atoms with E-state index in [1.54, 1.807) is 0 Å². The number of anilines is 1. The zero-order chi connectivity index (χ0) is 7.14. The first-order valence-electron chi connectivity index (χ1n) is 3.60. The van der Waals surface area contributed by atoms with Crippen LogP contribution in [0, 0.1) is 0 Å². The highest BCUT2D eigenvalue weighted by atomic mass is 15.3. The number of nitrogen functional groups attached to an aromatic ring is 1. The third-order valence-corrected chi connectivity index (χ3v) is 2.11. The number of aromatic nitrogens is 2. The summed E-state index contributed by atoms with van der Waals surface area (Å²) in [4.78, 5) is 0. The predicted octanol–water partition coefficient (Wildman–Crippen LogP) is 0.972. The zero-order valence-electron chi connectivity index (χ0n) is 6.04. The lowest BCUT2D eigenvalue weighted by molar-refractivity contribution is 0.646. The molecular formula is C7H11N3. The first-order chi connectivity index (χ1) is 4.77. The van der Waals surface area contributed by atoms with Crippen LogP contribution in [0.15, 0.2) is 6.07 Å². The molecule has 0 aliphatic carbocycles. The van der Waals surface area contributed by atoms with Gasteiger partial charge in [-0.1, -0.05) is 6.92 Å². The van der Waals surface area contributed by atoms with Crippen molar-refractivity contribution >= 4 is 5.82 Å². The first-order valence-corrected chi connectivity index (χ1v) is 3.60. The van der Waals surface area contributed by atoms with Gasteiger partial charge in [0.05, 0.1) is 0 Å².